The van der Waals surface area contributed by atoms with E-state index in [1.165, 1.54) is 0 Å². The zero-order chi connectivity index (χ0) is 9.46. The molecule has 0 spiro atoms. The van der Waals surface area contributed by atoms with Crippen LogP contribution in [0.2, 0.25) is 0 Å². The summed E-state index contributed by atoms with van der Waals surface area (Å²) in [7, 11) is 0. The second-order valence-corrected chi connectivity index (χ2v) is 3.40. The van der Waals surface area contributed by atoms with E-state index in [9.17, 15) is 5.11 Å². The molecule has 1 aromatic rings. The molecule has 6 heteroatoms. The summed E-state index contributed by atoms with van der Waals surface area (Å²) in [5, 5.41) is 9.34. The standard InChI is InChI=1S/C6H9IN4O/c7-1-2(8)3(9)4(10)5(11)6(1)12/h12H,8-11H2. The van der Waals surface area contributed by atoms with E-state index in [1.807, 2.05) is 22.6 Å². The Kier molecular flexibility index (Phi) is 2.09. The number of phenols is 1. The van der Waals surface area contributed by atoms with Crippen LogP contribution in [0, 0.1) is 3.57 Å². The minimum atomic E-state index is -0.111. The van der Waals surface area contributed by atoms with Gasteiger partial charge in [-0.25, -0.2) is 0 Å². The number of rotatable bonds is 0. The predicted molar refractivity (Wildman–Crippen MR) is 58.5 cm³/mol. The maximum atomic E-state index is 9.34. The van der Waals surface area contributed by atoms with Gasteiger partial charge in [0.25, 0.3) is 0 Å². The fourth-order valence-electron chi connectivity index (χ4n) is 0.782. The highest BCUT2D eigenvalue weighted by molar-refractivity contribution is 14.1. The SMILES string of the molecule is Nc1c(N)c(N)c(I)c(O)c1N. The highest BCUT2D eigenvalue weighted by atomic mass is 127. The molecule has 9 N–H and O–H groups in total. The second kappa shape index (κ2) is 2.77. The highest BCUT2D eigenvalue weighted by Gasteiger charge is 2.14. The molecule has 0 aliphatic carbocycles. The number of aromatic hydroxyl groups is 1. The van der Waals surface area contributed by atoms with Crippen molar-refractivity contribution < 1.29 is 5.11 Å². The first-order chi connectivity index (χ1) is 5.46. The molecule has 66 valence electrons. The summed E-state index contributed by atoms with van der Waals surface area (Å²) in [6, 6.07) is 0. The molecule has 1 aromatic carbocycles. The van der Waals surface area contributed by atoms with E-state index in [-0.39, 0.29) is 28.5 Å². The molecule has 0 amide bonds. The van der Waals surface area contributed by atoms with Crippen molar-refractivity contribution in [2.75, 3.05) is 22.9 Å². The van der Waals surface area contributed by atoms with Gasteiger partial charge in [-0.1, -0.05) is 0 Å². The number of nitrogens with two attached hydrogens (primary N) is 4. The maximum Gasteiger partial charge on any atom is 0.156 e. The average molecular weight is 280 g/mol. The van der Waals surface area contributed by atoms with Gasteiger partial charge in [-0.2, -0.15) is 0 Å². The molecule has 0 heterocycles. The fraction of sp³-hybridized carbons (Fsp3) is 0. The smallest absolute Gasteiger partial charge is 0.156 e. The van der Waals surface area contributed by atoms with Crippen LogP contribution in [0.4, 0.5) is 22.7 Å². The van der Waals surface area contributed by atoms with E-state index in [0.29, 0.717) is 3.57 Å². The zero-order valence-corrected chi connectivity index (χ0v) is 8.29. The van der Waals surface area contributed by atoms with Crippen LogP contribution in [0.25, 0.3) is 0 Å². The molecule has 0 aliphatic rings. The van der Waals surface area contributed by atoms with Crippen molar-refractivity contribution in [3.8, 4) is 5.75 Å². The Bertz CT molecular complexity index is 234. The lowest BCUT2D eigenvalue weighted by Crippen LogP contribution is -2.06. The number of phenolic OH excluding ortho intramolecular Hbond substituents is 1. The monoisotopic (exact) mass is 280 g/mol. The number of nitrogen functional groups attached to an aromatic ring is 4. The number of hydrogen-bond donors (Lipinski definition) is 5. The molecule has 0 aliphatic heterocycles. The second-order valence-electron chi connectivity index (χ2n) is 2.32. The molecule has 12 heavy (non-hydrogen) atoms. The quantitative estimate of drug-likeness (QED) is 0.203. The number of halogens is 1. The van der Waals surface area contributed by atoms with Gasteiger partial charge < -0.3 is 28.0 Å². The van der Waals surface area contributed by atoms with Gasteiger partial charge in [0.05, 0.1) is 20.6 Å². The first-order valence-corrected chi connectivity index (χ1v) is 4.15. The maximum absolute atomic E-state index is 9.34. The molecule has 5 nitrogen and oxygen atoms in total. The van der Waals surface area contributed by atoms with Gasteiger partial charge in [-0.3, -0.25) is 0 Å². The Hall–Kier alpha value is -1.05. The van der Waals surface area contributed by atoms with Crippen LogP contribution in [0.15, 0.2) is 0 Å². The molecule has 0 fully saturated rings. The first-order valence-electron chi connectivity index (χ1n) is 3.07. The lowest BCUT2D eigenvalue weighted by atomic mass is 10.2. The van der Waals surface area contributed by atoms with E-state index < -0.39 is 0 Å². The summed E-state index contributed by atoms with van der Waals surface area (Å²) in [5.41, 5.74) is 22.6. The van der Waals surface area contributed by atoms with Crippen LogP contribution in [-0.4, -0.2) is 5.11 Å². The predicted octanol–water partition coefficient (Wildman–Crippen LogP) is 0.326. The molecule has 0 atom stereocenters. The summed E-state index contributed by atoms with van der Waals surface area (Å²) >= 11 is 1.85. The molecule has 0 aromatic heterocycles. The molecule has 0 saturated carbocycles. The minimum absolute atomic E-state index is 0.0751. The van der Waals surface area contributed by atoms with E-state index in [4.69, 9.17) is 22.9 Å². The van der Waals surface area contributed by atoms with Crippen molar-refractivity contribution in [1.82, 2.24) is 0 Å². The van der Waals surface area contributed by atoms with Gasteiger partial charge in [0, 0.05) is 0 Å². The van der Waals surface area contributed by atoms with Crippen molar-refractivity contribution in [1.29, 1.82) is 0 Å². The molecule has 0 bridgehead atoms. The Morgan fingerprint density at radius 2 is 1.25 bits per heavy atom. The van der Waals surface area contributed by atoms with Crippen LogP contribution in [0.1, 0.15) is 0 Å². The van der Waals surface area contributed by atoms with Gasteiger partial charge >= 0.3 is 0 Å². The van der Waals surface area contributed by atoms with Gasteiger partial charge in [0.15, 0.2) is 5.75 Å². The van der Waals surface area contributed by atoms with E-state index in [2.05, 4.69) is 0 Å². The molecular weight excluding hydrogens is 271 g/mol. The van der Waals surface area contributed by atoms with Crippen LogP contribution in [0.3, 0.4) is 0 Å². The number of benzene rings is 1. The van der Waals surface area contributed by atoms with Gasteiger partial charge in [-0.05, 0) is 22.6 Å². The lowest BCUT2D eigenvalue weighted by molar-refractivity contribution is 0.475. The molecule has 0 saturated heterocycles. The molecule has 0 radical (unpaired) electrons. The third-order valence-electron chi connectivity index (χ3n) is 1.57. The summed E-state index contributed by atoms with van der Waals surface area (Å²) < 4.78 is 0.428. The number of anilines is 4. The van der Waals surface area contributed by atoms with E-state index >= 15 is 0 Å². The van der Waals surface area contributed by atoms with Crippen molar-refractivity contribution in [3.05, 3.63) is 3.57 Å². The normalized spacial score (nSPS) is 10.1. The van der Waals surface area contributed by atoms with Crippen LogP contribution >= 0.6 is 22.6 Å². The van der Waals surface area contributed by atoms with Crippen molar-refractivity contribution in [3.63, 3.8) is 0 Å². The van der Waals surface area contributed by atoms with Crippen LogP contribution < -0.4 is 22.9 Å². The summed E-state index contributed by atoms with van der Waals surface area (Å²) in [6.45, 7) is 0. The Labute approximate surface area is 82.8 Å². The van der Waals surface area contributed by atoms with Crippen molar-refractivity contribution in [2.24, 2.45) is 0 Å². The third kappa shape index (κ3) is 1.07. The van der Waals surface area contributed by atoms with Crippen molar-refractivity contribution in [2.45, 2.75) is 0 Å². The Balaban J connectivity index is 3.60. The van der Waals surface area contributed by atoms with E-state index in [0.717, 1.165) is 0 Å². The van der Waals surface area contributed by atoms with Crippen LogP contribution in [-0.2, 0) is 0 Å². The summed E-state index contributed by atoms with van der Waals surface area (Å²) in [5.74, 6) is -0.111. The number of hydrogen-bond acceptors (Lipinski definition) is 5. The highest BCUT2D eigenvalue weighted by Crippen LogP contribution is 2.41. The average Bonchev–Trinajstić information content (AvgIpc) is 2.08. The fourth-order valence-corrected chi connectivity index (χ4v) is 1.36. The van der Waals surface area contributed by atoms with Crippen LogP contribution in [0.5, 0.6) is 5.75 Å². The summed E-state index contributed by atoms with van der Waals surface area (Å²) in [6.07, 6.45) is 0. The van der Waals surface area contributed by atoms with Gasteiger partial charge in [0.2, 0.25) is 0 Å². The van der Waals surface area contributed by atoms with Crippen molar-refractivity contribution >= 4 is 45.3 Å². The first kappa shape index (κ1) is 9.04. The zero-order valence-electron chi connectivity index (χ0n) is 6.13. The lowest BCUT2D eigenvalue weighted by Gasteiger charge is -2.11. The molecule has 1 rings (SSSR count). The minimum Gasteiger partial charge on any atom is -0.505 e. The topological polar surface area (TPSA) is 124 Å². The third-order valence-corrected chi connectivity index (χ3v) is 2.66. The molecular formula is C6H9IN4O. The van der Waals surface area contributed by atoms with Gasteiger partial charge in [0.1, 0.15) is 5.69 Å². The largest absolute Gasteiger partial charge is 0.505 e. The summed E-state index contributed by atoms with van der Waals surface area (Å²) in [4.78, 5) is 0. The van der Waals surface area contributed by atoms with Gasteiger partial charge in [-0.15, -0.1) is 0 Å². The van der Waals surface area contributed by atoms with E-state index in [1.54, 1.807) is 0 Å². The Morgan fingerprint density at radius 3 is 1.75 bits per heavy atom. The Morgan fingerprint density at radius 1 is 0.833 bits per heavy atom. The molecule has 0 unspecified atom stereocenters.